The zero-order chi connectivity index (χ0) is 27.8. The van der Waals surface area contributed by atoms with Gasteiger partial charge in [0.05, 0.1) is 40.0 Å². The predicted molar refractivity (Wildman–Crippen MR) is 154 cm³/mol. The molecule has 39 heavy (non-hydrogen) atoms. The lowest BCUT2D eigenvalue weighted by Gasteiger charge is -2.36. The fourth-order valence-corrected chi connectivity index (χ4v) is 5.41. The van der Waals surface area contributed by atoms with Gasteiger partial charge in [-0.25, -0.2) is 4.98 Å². The average molecular weight is 591 g/mol. The van der Waals surface area contributed by atoms with Crippen molar-refractivity contribution in [3.05, 3.63) is 75.2 Å². The number of carbonyl (C=O) groups excluding carboxylic acids is 3. The molecule has 1 N–H and O–H groups in total. The van der Waals surface area contributed by atoms with Gasteiger partial charge >= 0.3 is 0 Å². The van der Waals surface area contributed by atoms with E-state index in [1.165, 1.54) is 23.3 Å². The van der Waals surface area contributed by atoms with Crippen molar-refractivity contribution < 1.29 is 19.1 Å². The van der Waals surface area contributed by atoms with Crippen LogP contribution < -0.4 is 10.2 Å². The maximum atomic E-state index is 13.0. The number of rotatable bonds is 10. The maximum absolute atomic E-state index is 13.0. The van der Waals surface area contributed by atoms with Crippen LogP contribution in [-0.4, -0.2) is 85.5 Å². The maximum Gasteiger partial charge on any atom is 0.255 e. The van der Waals surface area contributed by atoms with Gasteiger partial charge in [0, 0.05) is 45.2 Å². The van der Waals surface area contributed by atoms with E-state index in [2.05, 4.69) is 15.2 Å². The first-order valence-corrected chi connectivity index (χ1v) is 14.0. The molecule has 1 saturated heterocycles. The van der Waals surface area contributed by atoms with Gasteiger partial charge in [-0.15, -0.1) is 11.3 Å². The molecule has 2 aromatic carbocycles. The number of anilines is 2. The molecule has 0 spiro atoms. The summed E-state index contributed by atoms with van der Waals surface area (Å²) in [5, 5.41) is 5.86. The smallest absolute Gasteiger partial charge is 0.255 e. The molecule has 206 valence electrons. The molecule has 4 rings (SSSR count). The van der Waals surface area contributed by atoms with Crippen LogP contribution in [0.15, 0.2) is 53.9 Å². The second-order valence-electron chi connectivity index (χ2n) is 8.89. The lowest BCUT2D eigenvalue weighted by atomic mass is 10.2. The molecular weight excluding hydrogens is 561 g/mol. The number of hydrogen-bond donors (Lipinski definition) is 1. The molecule has 1 aliphatic rings. The first-order chi connectivity index (χ1) is 18.9. The summed E-state index contributed by atoms with van der Waals surface area (Å²) in [7, 11) is 1.52. The van der Waals surface area contributed by atoms with Crippen molar-refractivity contribution in [2.24, 2.45) is 0 Å². The number of benzene rings is 2. The zero-order valence-electron chi connectivity index (χ0n) is 21.4. The molecule has 1 aliphatic heterocycles. The number of thiazole rings is 1. The molecular formula is C27H29Cl2N5O4S. The van der Waals surface area contributed by atoms with Crippen LogP contribution in [-0.2, 0) is 20.7 Å². The molecule has 0 bridgehead atoms. The molecule has 0 aliphatic carbocycles. The Labute approximate surface area is 241 Å². The molecule has 2 heterocycles. The number of carbonyl (C=O) groups is 3. The molecule has 0 saturated carbocycles. The number of para-hydroxylation sites is 1. The summed E-state index contributed by atoms with van der Waals surface area (Å²) in [4.78, 5) is 48.4. The lowest BCUT2D eigenvalue weighted by molar-refractivity contribution is -0.130. The number of nitrogens with zero attached hydrogens (tertiary/aromatic N) is 4. The van der Waals surface area contributed by atoms with E-state index in [0.29, 0.717) is 52.6 Å². The highest BCUT2D eigenvalue weighted by Gasteiger charge is 2.24. The molecule has 1 fully saturated rings. The van der Waals surface area contributed by atoms with Gasteiger partial charge in [-0.3, -0.25) is 14.4 Å². The fourth-order valence-electron chi connectivity index (χ4n) is 4.21. The van der Waals surface area contributed by atoms with Gasteiger partial charge in [-0.2, -0.15) is 0 Å². The highest BCUT2D eigenvalue weighted by molar-refractivity contribution is 7.13. The van der Waals surface area contributed by atoms with Crippen LogP contribution in [0.3, 0.4) is 0 Å². The third-order valence-electron chi connectivity index (χ3n) is 6.25. The van der Waals surface area contributed by atoms with Crippen LogP contribution in [0.5, 0.6) is 0 Å². The van der Waals surface area contributed by atoms with Gasteiger partial charge in [-0.05, 0) is 24.3 Å². The van der Waals surface area contributed by atoms with E-state index in [0.717, 1.165) is 5.69 Å². The lowest BCUT2D eigenvalue weighted by Crippen LogP contribution is -2.49. The Bertz CT molecular complexity index is 1310. The Hall–Kier alpha value is -3.18. The molecule has 12 heteroatoms. The summed E-state index contributed by atoms with van der Waals surface area (Å²) >= 11 is 13.7. The van der Waals surface area contributed by atoms with Gasteiger partial charge < -0.3 is 24.8 Å². The number of halogens is 2. The van der Waals surface area contributed by atoms with Gasteiger partial charge in [-0.1, -0.05) is 47.5 Å². The van der Waals surface area contributed by atoms with Gasteiger partial charge in [0.2, 0.25) is 11.8 Å². The van der Waals surface area contributed by atoms with Crippen LogP contribution in [0.2, 0.25) is 10.0 Å². The summed E-state index contributed by atoms with van der Waals surface area (Å²) in [5.41, 5.74) is 1.86. The molecule has 0 atom stereocenters. The van der Waals surface area contributed by atoms with E-state index in [1.54, 1.807) is 29.6 Å². The molecule has 0 unspecified atom stereocenters. The minimum absolute atomic E-state index is 0.0203. The van der Waals surface area contributed by atoms with Crippen molar-refractivity contribution in [3.8, 4) is 0 Å². The average Bonchev–Trinajstić information content (AvgIpc) is 3.37. The fraction of sp³-hybridized carbons (Fsp3) is 0.333. The number of aromatic nitrogens is 1. The first-order valence-electron chi connectivity index (χ1n) is 12.4. The zero-order valence-corrected chi connectivity index (χ0v) is 23.8. The second-order valence-corrected chi connectivity index (χ2v) is 10.6. The van der Waals surface area contributed by atoms with Crippen LogP contribution in [0, 0.1) is 0 Å². The number of piperazine rings is 1. The van der Waals surface area contributed by atoms with Gasteiger partial charge in [0.15, 0.2) is 5.13 Å². The van der Waals surface area contributed by atoms with Crippen molar-refractivity contribution in [2.75, 3.05) is 63.2 Å². The van der Waals surface area contributed by atoms with E-state index < -0.39 is 5.91 Å². The number of amides is 3. The number of ether oxygens (including phenoxy) is 1. The minimum atomic E-state index is -0.408. The molecule has 1 aromatic heterocycles. The Balaban J connectivity index is 1.29. The van der Waals surface area contributed by atoms with Crippen LogP contribution in [0.25, 0.3) is 0 Å². The van der Waals surface area contributed by atoms with Gasteiger partial charge in [0.1, 0.15) is 6.54 Å². The normalized spacial score (nSPS) is 13.3. The largest absolute Gasteiger partial charge is 0.383 e. The van der Waals surface area contributed by atoms with Crippen molar-refractivity contribution in [1.29, 1.82) is 0 Å². The summed E-state index contributed by atoms with van der Waals surface area (Å²) in [6.07, 6.45) is 0.142. The SMILES string of the molecule is COCCN(CC(=O)Nc1nc(CC(=O)N2CCN(c3ccccc3Cl)CC2)cs1)C(=O)c1ccccc1Cl. The van der Waals surface area contributed by atoms with E-state index in [4.69, 9.17) is 27.9 Å². The predicted octanol–water partition coefficient (Wildman–Crippen LogP) is 4.07. The number of hydrogen-bond acceptors (Lipinski definition) is 7. The standard InChI is InChI=1S/C27H29Cl2N5O4S/c1-38-15-14-34(26(37)20-6-2-3-7-21(20)28)17-24(35)31-27-30-19(18-39-27)16-25(36)33-12-10-32(11-13-33)23-9-5-4-8-22(23)29/h2-9,18H,10-17H2,1H3,(H,30,31,35). The summed E-state index contributed by atoms with van der Waals surface area (Å²) < 4.78 is 5.10. The van der Waals surface area contributed by atoms with E-state index >= 15 is 0 Å². The summed E-state index contributed by atoms with van der Waals surface area (Å²) in [6.45, 7) is 2.86. The van der Waals surface area contributed by atoms with E-state index in [-0.39, 0.29) is 37.9 Å². The second kappa shape index (κ2) is 13.7. The quantitative estimate of drug-likeness (QED) is 0.383. The Morgan fingerprint density at radius 3 is 2.41 bits per heavy atom. The highest BCUT2D eigenvalue weighted by Crippen LogP contribution is 2.26. The first kappa shape index (κ1) is 28.8. The Morgan fingerprint density at radius 1 is 1.03 bits per heavy atom. The Morgan fingerprint density at radius 2 is 1.72 bits per heavy atom. The monoisotopic (exact) mass is 589 g/mol. The minimum Gasteiger partial charge on any atom is -0.383 e. The van der Waals surface area contributed by atoms with Gasteiger partial charge in [0.25, 0.3) is 5.91 Å². The molecule has 0 radical (unpaired) electrons. The van der Waals surface area contributed by atoms with Crippen molar-refractivity contribution in [1.82, 2.24) is 14.8 Å². The topological polar surface area (TPSA) is 95.1 Å². The van der Waals surface area contributed by atoms with Crippen molar-refractivity contribution in [2.45, 2.75) is 6.42 Å². The van der Waals surface area contributed by atoms with Crippen LogP contribution >= 0.6 is 34.5 Å². The molecule has 9 nitrogen and oxygen atoms in total. The molecule has 3 aromatic rings. The van der Waals surface area contributed by atoms with E-state index in [1.807, 2.05) is 29.2 Å². The van der Waals surface area contributed by atoms with E-state index in [9.17, 15) is 14.4 Å². The number of methoxy groups -OCH3 is 1. The van der Waals surface area contributed by atoms with Crippen LogP contribution in [0.1, 0.15) is 16.1 Å². The third-order valence-corrected chi connectivity index (χ3v) is 7.70. The van der Waals surface area contributed by atoms with Crippen molar-refractivity contribution in [3.63, 3.8) is 0 Å². The summed E-state index contributed by atoms with van der Waals surface area (Å²) in [5.74, 6) is -0.796. The number of nitrogens with one attached hydrogen (secondary N) is 1. The highest BCUT2D eigenvalue weighted by atomic mass is 35.5. The third kappa shape index (κ3) is 7.69. The van der Waals surface area contributed by atoms with Crippen molar-refractivity contribution >= 4 is 63.1 Å². The molecule has 3 amide bonds. The van der Waals surface area contributed by atoms with Crippen LogP contribution in [0.4, 0.5) is 10.8 Å². The Kier molecular flexibility index (Phi) is 10.2. The summed E-state index contributed by atoms with van der Waals surface area (Å²) in [6, 6.07) is 14.4.